The summed E-state index contributed by atoms with van der Waals surface area (Å²) in [5, 5.41) is 7.51. The first-order valence-corrected chi connectivity index (χ1v) is 6.28. The summed E-state index contributed by atoms with van der Waals surface area (Å²) in [6, 6.07) is 2.98. The van der Waals surface area contributed by atoms with Crippen LogP contribution in [0, 0.1) is 0 Å². The summed E-state index contributed by atoms with van der Waals surface area (Å²) in [5.41, 5.74) is -1.29. The first-order valence-electron chi connectivity index (χ1n) is 6.28. The summed E-state index contributed by atoms with van der Waals surface area (Å²) in [4.78, 5) is 23.2. The van der Waals surface area contributed by atoms with Crippen LogP contribution in [-0.4, -0.2) is 31.4 Å². The van der Waals surface area contributed by atoms with E-state index in [2.05, 4.69) is 16.0 Å². The quantitative estimate of drug-likeness (QED) is 0.789. The number of carbonyl (C=O) groups is 2. The average molecular weight is 301 g/mol. The van der Waals surface area contributed by atoms with Crippen molar-refractivity contribution in [2.24, 2.45) is 0 Å². The molecule has 1 atom stereocenters. The maximum absolute atomic E-state index is 12.9. The molecule has 2 rings (SSSR count). The zero-order valence-corrected chi connectivity index (χ0v) is 11.2. The molecule has 1 aliphatic rings. The standard InChI is InChI=1S/C13H14F3N3O2/c1-17-11-8(3-2-4-9(11)13(14,15)16)12(21)19-7-5-10(20)18-6-7/h2-4,7,17H,5-6H2,1H3,(H,18,20)(H,19,21). The fraction of sp³-hybridized carbons (Fsp3) is 0.385. The highest BCUT2D eigenvalue weighted by atomic mass is 19.4. The van der Waals surface area contributed by atoms with E-state index < -0.39 is 23.7 Å². The molecule has 2 amide bonds. The number of anilines is 1. The van der Waals surface area contributed by atoms with Gasteiger partial charge in [-0.05, 0) is 12.1 Å². The Bertz CT molecular complexity index is 572. The van der Waals surface area contributed by atoms with Crippen molar-refractivity contribution in [3.63, 3.8) is 0 Å². The van der Waals surface area contributed by atoms with Gasteiger partial charge in [0.2, 0.25) is 5.91 Å². The Morgan fingerprint density at radius 2 is 2.10 bits per heavy atom. The topological polar surface area (TPSA) is 70.2 Å². The molecule has 1 aromatic rings. The molecule has 0 saturated carbocycles. The van der Waals surface area contributed by atoms with Gasteiger partial charge in [0.15, 0.2) is 0 Å². The number of rotatable bonds is 3. The smallest absolute Gasteiger partial charge is 0.387 e. The molecule has 1 aromatic carbocycles. The molecule has 1 fully saturated rings. The summed E-state index contributed by atoms with van der Waals surface area (Å²) < 4.78 is 38.7. The van der Waals surface area contributed by atoms with Gasteiger partial charge in [0.1, 0.15) is 0 Å². The molecule has 21 heavy (non-hydrogen) atoms. The molecular weight excluding hydrogens is 287 g/mol. The Morgan fingerprint density at radius 1 is 1.38 bits per heavy atom. The van der Waals surface area contributed by atoms with E-state index in [0.717, 1.165) is 6.07 Å². The SMILES string of the molecule is CNc1c(C(=O)NC2CNC(=O)C2)cccc1C(F)(F)F. The predicted octanol–water partition coefficient (Wildman–Crippen LogP) is 1.37. The van der Waals surface area contributed by atoms with Gasteiger partial charge in [0.25, 0.3) is 5.91 Å². The molecule has 0 aliphatic carbocycles. The van der Waals surface area contributed by atoms with Crippen LogP contribution in [0.2, 0.25) is 0 Å². The minimum Gasteiger partial charge on any atom is -0.387 e. The van der Waals surface area contributed by atoms with E-state index in [-0.39, 0.29) is 30.1 Å². The van der Waals surface area contributed by atoms with Crippen molar-refractivity contribution in [3.8, 4) is 0 Å². The predicted molar refractivity (Wildman–Crippen MR) is 69.9 cm³/mol. The first-order chi connectivity index (χ1) is 9.82. The summed E-state index contributed by atoms with van der Waals surface area (Å²) in [5.74, 6) is -0.842. The molecule has 1 aliphatic heterocycles. The number of alkyl halides is 3. The molecule has 0 radical (unpaired) electrons. The molecule has 114 valence electrons. The van der Waals surface area contributed by atoms with E-state index in [0.29, 0.717) is 0 Å². The average Bonchev–Trinajstić information content (AvgIpc) is 2.82. The lowest BCUT2D eigenvalue weighted by Crippen LogP contribution is -2.36. The van der Waals surface area contributed by atoms with Gasteiger partial charge < -0.3 is 16.0 Å². The van der Waals surface area contributed by atoms with Crippen LogP contribution in [0.1, 0.15) is 22.3 Å². The second kappa shape index (κ2) is 5.63. The van der Waals surface area contributed by atoms with Crippen LogP contribution in [0.25, 0.3) is 0 Å². The lowest BCUT2D eigenvalue weighted by Gasteiger charge is -2.17. The Hall–Kier alpha value is -2.25. The van der Waals surface area contributed by atoms with Gasteiger partial charge in [-0.25, -0.2) is 0 Å². The maximum Gasteiger partial charge on any atom is 0.418 e. The Balaban J connectivity index is 2.26. The van der Waals surface area contributed by atoms with Crippen LogP contribution in [-0.2, 0) is 11.0 Å². The third-order valence-electron chi connectivity index (χ3n) is 3.18. The van der Waals surface area contributed by atoms with Crippen LogP contribution in [0.5, 0.6) is 0 Å². The number of nitrogens with one attached hydrogen (secondary N) is 3. The van der Waals surface area contributed by atoms with Crippen LogP contribution < -0.4 is 16.0 Å². The van der Waals surface area contributed by atoms with E-state index in [1.165, 1.54) is 19.2 Å². The fourth-order valence-corrected chi connectivity index (χ4v) is 2.22. The highest BCUT2D eigenvalue weighted by molar-refractivity contribution is 6.01. The minimum atomic E-state index is -4.56. The largest absolute Gasteiger partial charge is 0.418 e. The van der Waals surface area contributed by atoms with Gasteiger partial charge in [-0.2, -0.15) is 13.2 Å². The lowest BCUT2D eigenvalue weighted by molar-refractivity contribution is -0.137. The van der Waals surface area contributed by atoms with E-state index in [9.17, 15) is 22.8 Å². The molecule has 0 bridgehead atoms. The van der Waals surface area contributed by atoms with Gasteiger partial charge in [0, 0.05) is 20.0 Å². The van der Waals surface area contributed by atoms with Gasteiger partial charge in [-0.15, -0.1) is 0 Å². The van der Waals surface area contributed by atoms with Gasteiger partial charge in [-0.1, -0.05) is 6.07 Å². The van der Waals surface area contributed by atoms with Crippen LogP contribution in [0.3, 0.4) is 0 Å². The lowest BCUT2D eigenvalue weighted by atomic mass is 10.1. The fourth-order valence-electron chi connectivity index (χ4n) is 2.22. The third kappa shape index (κ3) is 3.26. The van der Waals surface area contributed by atoms with Crippen LogP contribution in [0.15, 0.2) is 18.2 Å². The van der Waals surface area contributed by atoms with Gasteiger partial charge in [-0.3, -0.25) is 9.59 Å². The van der Waals surface area contributed by atoms with Crippen LogP contribution >= 0.6 is 0 Å². The Labute approximate surface area is 118 Å². The normalized spacial score (nSPS) is 18.3. The maximum atomic E-state index is 12.9. The van der Waals surface area contributed by atoms with Crippen LogP contribution in [0.4, 0.5) is 18.9 Å². The van der Waals surface area contributed by atoms with Gasteiger partial charge >= 0.3 is 6.18 Å². The summed E-state index contributed by atoms with van der Waals surface area (Å²) in [6.07, 6.45) is -4.43. The zero-order chi connectivity index (χ0) is 15.6. The first kappa shape index (κ1) is 15.1. The van der Waals surface area contributed by atoms with Crippen molar-refractivity contribution >= 4 is 17.5 Å². The van der Waals surface area contributed by atoms with Crippen molar-refractivity contribution in [2.45, 2.75) is 18.6 Å². The summed E-state index contributed by atoms with van der Waals surface area (Å²) in [7, 11) is 1.32. The number of hydrogen-bond acceptors (Lipinski definition) is 3. The van der Waals surface area contributed by atoms with Crippen molar-refractivity contribution in [1.29, 1.82) is 0 Å². The van der Waals surface area contributed by atoms with Crippen molar-refractivity contribution < 1.29 is 22.8 Å². The van der Waals surface area contributed by atoms with E-state index >= 15 is 0 Å². The number of para-hydroxylation sites is 1. The molecule has 0 spiro atoms. The molecule has 0 aromatic heterocycles. The number of benzene rings is 1. The number of amides is 2. The Morgan fingerprint density at radius 3 is 2.62 bits per heavy atom. The van der Waals surface area contributed by atoms with E-state index in [1.807, 2.05) is 0 Å². The van der Waals surface area contributed by atoms with Gasteiger partial charge in [0.05, 0.1) is 22.9 Å². The third-order valence-corrected chi connectivity index (χ3v) is 3.18. The van der Waals surface area contributed by atoms with Crippen molar-refractivity contribution in [2.75, 3.05) is 18.9 Å². The van der Waals surface area contributed by atoms with Crippen molar-refractivity contribution in [1.82, 2.24) is 10.6 Å². The zero-order valence-electron chi connectivity index (χ0n) is 11.2. The van der Waals surface area contributed by atoms with E-state index in [4.69, 9.17) is 0 Å². The second-order valence-electron chi connectivity index (χ2n) is 4.65. The number of hydrogen-bond donors (Lipinski definition) is 3. The summed E-state index contributed by atoms with van der Waals surface area (Å²) in [6.45, 7) is 0.276. The molecule has 1 heterocycles. The molecule has 1 unspecified atom stereocenters. The molecule has 5 nitrogen and oxygen atoms in total. The Kier molecular flexibility index (Phi) is 4.06. The molecule has 8 heteroatoms. The monoisotopic (exact) mass is 301 g/mol. The second-order valence-corrected chi connectivity index (χ2v) is 4.65. The summed E-state index contributed by atoms with van der Waals surface area (Å²) >= 11 is 0. The molecule has 1 saturated heterocycles. The number of carbonyl (C=O) groups excluding carboxylic acids is 2. The highest BCUT2D eigenvalue weighted by Crippen LogP contribution is 2.36. The van der Waals surface area contributed by atoms with E-state index in [1.54, 1.807) is 0 Å². The van der Waals surface area contributed by atoms with Crippen molar-refractivity contribution in [3.05, 3.63) is 29.3 Å². The molecular formula is C13H14F3N3O2. The highest BCUT2D eigenvalue weighted by Gasteiger charge is 2.35. The molecule has 3 N–H and O–H groups in total. The minimum absolute atomic E-state index is 0.105. The number of halogens is 3.